The molecule has 1 aliphatic rings. The Morgan fingerprint density at radius 1 is 0.375 bits per heavy atom. The van der Waals surface area contributed by atoms with Crippen molar-refractivity contribution in [2.24, 2.45) is 0 Å². The van der Waals surface area contributed by atoms with Gasteiger partial charge in [-0.3, -0.25) is 0 Å². The van der Waals surface area contributed by atoms with E-state index >= 15 is 0 Å². The van der Waals surface area contributed by atoms with Crippen molar-refractivity contribution in [3.05, 3.63) is 95.1 Å². The molecule has 0 bridgehead atoms. The van der Waals surface area contributed by atoms with E-state index in [0.717, 1.165) is 123 Å². The minimum Gasteiger partial charge on any atom is -0.493 e. The van der Waals surface area contributed by atoms with E-state index in [4.69, 9.17) is 47.4 Å². The minimum absolute atomic E-state index is 0.329. The topological polar surface area (TPSA) is 98.8 Å². The van der Waals surface area contributed by atoms with Crippen LogP contribution in [-0.4, -0.2) is 117 Å². The number of hydrogen-bond donors (Lipinski definition) is 0. The highest BCUT2D eigenvalue weighted by molar-refractivity contribution is 5.50. The molecule has 0 atom stereocenters. The molecule has 4 aromatic carbocycles. The van der Waals surface area contributed by atoms with Gasteiger partial charge in [0.1, 0.15) is 12.2 Å². The van der Waals surface area contributed by atoms with E-state index in [0.29, 0.717) is 62.6 Å². The summed E-state index contributed by atoms with van der Waals surface area (Å²) in [5, 5.41) is 0. The molecule has 64 heavy (non-hydrogen) atoms. The van der Waals surface area contributed by atoms with Crippen LogP contribution in [0.1, 0.15) is 101 Å². The van der Waals surface area contributed by atoms with Crippen molar-refractivity contribution < 1.29 is 47.4 Å². The molecule has 0 aromatic heterocycles. The molecule has 1 fully saturated rings. The zero-order valence-electron chi connectivity index (χ0n) is 39.8. The van der Waals surface area contributed by atoms with Crippen molar-refractivity contribution in [1.29, 1.82) is 0 Å². The van der Waals surface area contributed by atoms with Crippen LogP contribution in [0.15, 0.2) is 72.8 Å². The number of hydrogen-bond acceptors (Lipinski definition) is 12. The molecule has 4 aromatic rings. The summed E-state index contributed by atoms with van der Waals surface area (Å²) in [5.41, 5.74) is 3.94. The highest BCUT2D eigenvalue weighted by Crippen LogP contribution is 2.39. The largest absolute Gasteiger partial charge is 0.493 e. The molecular formula is C52H74N2O10. The van der Waals surface area contributed by atoms with Crippen LogP contribution in [0.5, 0.6) is 46.0 Å². The van der Waals surface area contributed by atoms with Gasteiger partial charge in [-0.05, 0) is 109 Å². The second kappa shape index (κ2) is 27.4. The van der Waals surface area contributed by atoms with Crippen molar-refractivity contribution in [2.45, 2.75) is 78.4 Å². The molecule has 0 unspecified atom stereocenters. The molecule has 0 N–H and O–H groups in total. The van der Waals surface area contributed by atoms with Crippen molar-refractivity contribution in [2.75, 3.05) is 107 Å². The van der Waals surface area contributed by atoms with E-state index < -0.39 is 0 Å². The van der Waals surface area contributed by atoms with Gasteiger partial charge >= 0.3 is 0 Å². The van der Waals surface area contributed by atoms with Crippen LogP contribution >= 0.6 is 0 Å². The van der Waals surface area contributed by atoms with E-state index in [2.05, 4.69) is 61.8 Å². The van der Waals surface area contributed by atoms with Gasteiger partial charge in [-0.2, -0.15) is 0 Å². The van der Waals surface area contributed by atoms with E-state index in [1.54, 1.807) is 28.4 Å². The quantitative estimate of drug-likeness (QED) is 0.0466. The Hall–Kier alpha value is -4.88. The molecule has 5 rings (SSSR count). The lowest BCUT2D eigenvalue weighted by Gasteiger charge is -2.34. The molecule has 0 spiro atoms. The maximum atomic E-state index is 6.71. The predicted octanol–water partition coefficient (Wildman–Crippen LogP) is 10.2. The first kappa shape index (κ1) is 50.1. The van der Waals surface area contributed by atoms with E-state index in [1.165, 1.54) is 0 Å². The number of piperazine rings is 1. The number of rotatable bonds is 30. The second-order valence-electron chi connectivity index (χ2n) is 15.9. The Labute approximate surface area is 382 Å². The molecule has 0 aliphatic carbocycles. The van der Waals surface area contributed by atoms with Crippen LogP contribution in [0, 0.1) is 0 Å². The Kier molecular flexibility index (Phi) is 21.5. The minimum atomic E-state index is -0.329. The molecule has 1 heterocycles. The van der Waals surface area contributed by atoms with Crippen LogP contribution < -0.4 is 37.9 Å². The molecule has 1 aliphatic heterocycles. The zero-order chi connectivity index (χ0) is 45.5. The Bertz CT molecular complexity index is 1690. The van der Waals surface area contributed by atoms with Gasteiger partial charge in [-0.25, -0.2) is 0 Å². The molecule has 1 saturated heterocycles. The summed E-state index contributed by atoms with van der Waals surface area (Å²) in [6, 6.07) is 24.2. The first-order chi connectivity index (χ1) is 31.4. The number of nitrogens with zero attached hydrogens (tertiary/aromatic N) is 2. The standard InChI is InChI=1S/C52H74N2O10/c1-9-29-59-43-19-15-39(35-47(43)55-5)51(40-16-20-44(60-30-10-2)48(36-40)56-6)63-33-13-23-53-25-27-54(28-26-53)24-14-34-64-52(41-17-21-45(61-31-11-3)49(37-41)57-7)42-18-22-46(62-32-12-4)50(38-42)58-8/h15-22,35-38,51-52H,9-14,23-34H2,1-8H3. The summed E-state index contributed by atoms with van der Waals surface area (Å²) in [6.07, 6.45) is 4.81. The van der Waals surface area contributed by atoms with Crippen molar-refractivity contribution in [3.63, 3.8) is 0 Å². The average molecular weight is 887 g/mol. The summed E-state index contributed by atoms with van der Waals surface area (Å²) in [5.74, 6) is 5.65. The van der Waals surface area contributed by atoms with Gasteiger partial charge in [0.15, 0.2) is 46.0 Å². The molecule has 352 valence electrons. The molecule has 0 radical (unpaired) electrons. The van der Waals surface area contributed by atoms with E-state index in [1.807, 2.05) is 48.5 Å². The van der Waals surface area contributed by atoms with Crippen LogP contribution in [0.2, 0.25) is 0 Å². The van der Waals surface area contributed by atoms with Crippen LogP contribution in [-0.2, 0) is 9.47 Å². The zero-order valence-corrected chi connectivity index (χ0v) is 39.8. The highest BCUT2D eigenvalue weighted by Gasteiger charge is 2.23. The number of methoxy groups -OCH3 is 4. The molecule has 12 heteroatoms. The Balaban J connectivity index is 1.16. The fourth-order valence-corrected chi connectivity index (χ4v) is 7.70. The Morgan fingerprint density at radius 2 is 0.641 bits per heavy atom. The van der Waals surface area contributed by atoms with Crippen molar-refractivity contribution in [1.82, 2.24) is 9.80 Å². The average Bonchev–Trinajstić information content (AvgIpc) is 3.34. The van der Waals surface area contributed by atoms with Crippen LogP contribution in [0.25, 0.3) is 0 Å². The summed E-state index contributed by atoms with van der Waals surface area (Å²) in [6.45, 7) is 18.0. The predicted molar refractivity (Wildman–Crippen MR) is 253 cm³/mol. The summed E-state index contributed by atoms with van der Waals surface area (Å²) in [7, 11) is 6.69. The maximum Gasteiger partial charge on any atom is 0.161 e. The third-order valence-electron chi connectivity index (χ3n) is 11.1. The third-order valence-corrected chi connectivity index (χ3v) is 11.1. The maximum absolute atomic E-state index is 6.71. The normalized spacial score (nSPS) is 13.3. The van der Waals surface area contributed by atoms with Crippen LogP contribution in [0.4, 0.5) is 0 Å². The number of ether oxygens (including phenoxy) is 10. The summed E-state index contributed by atoms with van der Waals surface area (Å²) < 4.78 is 60.3. The summed E-state index contributed by atoms with van der Waals surface area (Å²) in [4.78, 5) is 5.07. The van der Waals surface area contributed by atoms with E-state index in [-0.39, 0.29) is 12.2 Å². The number of benzene rings is 4. The van der Waals surface area contributed by atoms with Gasteiger partial charge in [-0.15, -0.1) is 0 Å². The Morgan fingerprint density at radius 3 is 0.875 bits per heavy atom. The fraction of sp³-hybridized carbons (Fsp3) is 0.538. The molecular weight excluding hydrogens is 813 g/mol. The highest BCUT2D eigenvalue weighted by atomic mass is 16.5. The first-order valence-corrected chi connectivity index (χ1v) is 23.3. The van der Waals surface area contributed by atoms with Gasteiger partial charge in [-0.1, -0.05) is 52.0 Å². The van der Waals surface area contributed by atoms with Gasteiger partial charge in [0.05, 0.1) is 54.9 Å². The lowest BCUT2D eigenvalue weighted by Crippen LogP contribution is -2.47. The van der Waals surface area contributed by atoms with Gasteiger partial charge in [0.25, 0.3) is 0 Å². The van der Waals surface area contributed by atoms with Gasteiger partial charge in [0, 0.05) is 52.5 Å². The smallest absolute Gasteiger partial charge is 0.161 e. The first-order valence-electron chi connectivity index (χ1n) is 23.3. The SMILES string of the molecule is CCCOc1ccc(C(OCCCN2CCN(CCCOC(c3ccc(OCCC)c(OC)c3)c3ccc(OCCC)c(OC)c3)CC2)c2ccc(OCCC)c(OC)c2)cc1OC. The van der Waals surface area contributed by atoms with Gasteiger partial charge < -0.3 is 57.2 Å². The lowest BCUT2D eigenvalue weighted by molar-refractivity contribution is 0.0559. The molecule has 0 amide bonds. The molecule has 12 nitrogen and oxygen atoms in total. The summed E-state index contributed by atoms with van der Waals surface area (Å²) >= 11 is 0. The monoisotopic (exact) mass is 887 g/mol. The van der Waals surface area contributed by atoms with Crippen LogP contribution in [0.3, 0.4) is 0 Å². The fourth-order valence-electron chi connectivity index (χ4n) is 7.70. The third kappa shape index (κ3) is 14.6. The van der Waals surface area contributed by atoms with Crippen molar-refractivity contribution >= 4 is 0 Å². The molecule has 0 saturated carbocycles. The van der Waals surface area contributed by atoms with E-state index in [9.17, 15) is 0 Å². The van der Waals surface area contributed by atoms with Crippen molar-refractivity contribution in [3.8, 4) is 46.0 Å². The van der Waals surface area contributed by atoms with Gasteiger partial charge in [0.2, 0.25) is 0 Å². The second-order valence-corrected chi connectivity index (χ2v) is 15.9. The lowest BCUT2D eigenvalue weighted by atomic mass is 10.00.